The number of nitrogens with zero attached hydrogens (tertiary/aromatic N) is 1. The third-order valence-corrected chi connectivity index (χ3v) is 4.94. The summed E-state index contributed by atoms with van der Waals surface area (Å²) in [6, 6.07) is 14.3. The third-order valence-electron chi connectivity index (χ3n) is 3.84. The van der Waals surface area contributed by atoms with Crippen molar-refractivity contribution in [2.24, 2.45) is 4.99 Å². The number of aliphatic hydroxyl groups excluding tert-OH is 1. The van der Waals surface area contributed by atoms with Crippen LogP contribution in [-0.4, -0.2) is 37.8 Å². The van der Waals surface area contributed by atoms with Crippen molar-refractivity contribution >= 4 is 41.3 Å². The maximum atomic E-state index is 9.61. The van der Waals surface area contributed by atoms with Gasteiger partial charge in [0.2, 0.25) is 0 Å². The molecule has 4 nitrogen and oxygen atoms in total. The molecule has 24 heavy (non-hydrogen) atoms. The van der Waals surface area contributed by atoms with Gasteiger partial charge in [0.05, 0.1) is 6.61 Å². The summed E-state index contributed by atoms with van der Waals surface area (Å²) in [5, 5.41) is 18.4. The van der Waals surface area contributed by atoms with Gasteiger partial charge in [-0.15, -0.1) is 35.3 Å². The molecule has 0 amide bonds. The van der Waals surface area contributed by atoms with Crippen molar-refractivity contribution in [2.45, 2.75) is 18.8 Å². The predicted molar refractivity (Wildman–Crippen MR) is 114 cm³/mol. The van der Waals surface area contributed by atoms with E-state index in [2.05, 4.69) is 40.1 Å². The maximum absolute atomic E-state index is 9.61. The van der Waals surface area contributed by atoms with E-state index in [1.165, 1.54) is 4.88 Å². The summed E-state index contributed by atoms with van der Waals surface area (Å²) in [4.78, 5) is 5.62. The average Bonchev–Trinajstić information content (AvgIpc) is 3.13. The molecular weight excluding hydrogens is 433 g/mol. The van der Waals surface area contributed by atoms with Crippen LogP contribution in [0.5, 0.6) is 0 Å². The van der Waals surface area contributed by atoms with E-state index in [1.54, 1.807) is 18.4 Å². The van der Waals surface area contributed by atoms with Crippen LogP contribution in [0.2, 0.25) is 0 Å². The Morgan fingerprint density at radius 1 is 1.12 bits per heavy atom. The smallest absolute Gasteiger partial charge is 0.191 e. The summed E-state index contributed by atoms with van der Waals surface area (Å²) >= 11 is 1.78. The number of rotatable bonds is 7. The van der Waals surface area contributed by atoms with Crippen LogP contribution in [0.3, 0.4) is 0 Å². The number of benzene rings is 1. The van der Waals surface area contributed by atoms with Crippen LogP contribution >= 0.6 is 35.3 Å². The zero-order valence-corrected chi connectivity index (χ0v) is 17.3. The molecule has 1 aromatic carbocycles. The molecule has 0 bridgehead atoms. The second kappa shape index (κ2) is 11.4. The molecule has 0 spiro atoms. The second-order valence-corrected chi connectivity index (χ2v) is 6.52. The fourth-order valence-corrected chi connectivity index (χ4v) is 3.16. The number of aliphatic hydroxyl groups is 1. The first-order valence-electron chi connectivity index (χ1n) is 7.88. The lowest BCUT2D eigenvalue weighted by molar-refractivity contribution is 0.265. The number of halogens is 1. The van der Waals surface area contributed by atoms with Crippen molar-refractivity contribution in [2.75, 3.05) is 26.7 Å². The van der Waals surface area contributed by atoms with E-state index >= 15 is 0 Å². The lowest BCUT2D eigenvalue weighted by Gasteiger charge is -2.19. The Morgan fingerprint density at radius 2 is 1.83 bits per heavy atom. The Hall–Kier alpha value is -1.12. The van der Waals surface area contributed by atoms with Crippen molar-refractivity contribution in [1.82, 2.24) is 10.6 Å². The van der Waals surface area contributed by atoms with Crippen LogP contribution in [0.1, 0.15) is 29.2 Å². The van der Waals surface area contributed by atoms with Crippen LogP contribution in [0.4, 0.5) is 0 Å². The predicted octanol–water partition coefficient (Wildman–Crippen LogP) is 3.41. The molecule has 3 N–H and O–H groups in total. The minimum atomic E-state index is 0. The molecule has 2 aromatic rings. The second-order valence-electron chi connectivity index (χ2n) is 5.54. The van der Waals surface area contributed by atoms with E-state index in [9.17, 15) is 5.11 Å². The molecule has 1 heterocycles. The first-order chi connectivity index (χ1) is 11.2. The van der Waals surface area contributed by atoms with E-state index in [4.69, 9.17) is 0 Å². The molecular formula is C18H26IN3OS. The minimum absolute atomic E-state index is 0. The number of aliphatic imine (C=N–C) groups is 1. The van der Waals surface area contributed by atoms with Gasteiger partial charge in [-0.25, -0.2) is 0 Å². The normalized spacial score (nSPS) is 13.7. The van der Waals surface area contributed by atoms with Gasteiger partial charge in [-0.2, -0.15) is 0 Å². The average molecular weight is 459 g/mol. The molecule has 1 aromatic heterocycles. The van der Waals surface area contributed by atoms with Crippen LogP contribution in [0, 0.1) is 0 Å². The van der Waals surface area contributed by atoms with Crippen molar-refractivity contribution in [1.29, 1.82) is 0 Å². The molecule has 0 saturated carbocycles. The lowest BCUT2D eigenvalue weighted by atomic mass is 10.0. The van der Waals surface area contributed by atoms with E-state index < -0.39 is 0 Å². The molecule has 0 aliphatic heterocycles. The minimum Gasteiger partial charge on any atom is -0.396 e. The Morgan fingerprint density at radius 3 is 2.42 bits per heavy atom. The van der Waals surface area contributed by atoms with Gasteiger partial charge in [0.15, 0.2) is 5.96 Å². The number of guanidine groups is 1. The lowest BCUT2D eigenvalue weighted by Crippen LogP contribution is -2.41. The van der Waals surface area contributed by atoms with Crippen molar-refractivity contribution in [3.8, 4) is 0 Å². The molecule has 0 radical (unpaired) electrons. The molecule has 0 fully saturated rings. The summed E-state index contributed by atoms with van der Waals surface area (Å²) in [6.07, 6.45) is 0. The highest BCUT2D eigenvalue weighted by Crippen LogP contribution is 2.19. The number of hydrogen-bond donors (Lipinski definition) is 3. The molecule has 0 saturated heterocycles. The standard InChI is InChI=1S/C18H25N3OS.HI/c1-14(17-9-6-10-23-17)11-20-18(19-2)21-12-16(13-22)15-7-4-3-5-8-15;/h3-10,14,16,22H,11-13H2,1-2H3,(H2,19,20,21);1H. The first-order valence-corrected chi connectivity index (χ1v) is 8.76. The van der Waals surface area contributed by atoms with Gasteiger partial charge in [-0.1, -0.05) is 43.3 Å². The van der Waals surface area contributed by atoms with Crippen molar-refractivity contribution < 1.29 is 5.11 Å². The Bertz CT molecular complexity index is 590. The van der Waals surface area contributed by atoms with Gasteiger partial charge in [0, 0.05) is 36.9 Å². The van der Waals surface area contributed by atoms with Crippen LogP contribution in [0.15, 0.2) is 52.8 Å². The summed E-state index contributed by atoms with van der Waals surface area (Å²) < 4.78 is 0. The topological polar surface area (TPSA) is 56.7 Å². The fourth-order valence-electron chi connectivity index (χ4n) is 2.38. The van der Waals surface area contributed by atoms with E-state index in [0.717, 1.165) is 18.1 Å². The van der Waals surface area contributed by atoms with E-state index in [-0.39, 0.29) is 36.5 Å². The molecule has 6 heteroatoms. The number of hydrogen-bond acceptors (Lipinski definition) is 3. The molecule has 2 rings (SSSR count). The highest BCUT2D eigenvalue weighted by atomic mass is 127. The summed E-state index contributed by atoms with van der Waals surface area (Å²) in [5.41, 5.74) is 1.13. The zero-order valence-electron chi connectivity index (χ0n) is 14.1. The van der Waals surface area contributed by atoms with Crippen molar-refractivity contribution in [3.05, 3.63) is 58.3 Å². The van der Waals surface area contributed by atoms with E-state index in [1.807, 2.05) is 30.3 Å². The molecule has 0 aliphatic rings. The number of nitrogens with one attached hydrogen (secondary N) is 2. The van der Waals surface area contributed by atoms with Gasteiger partial charge in [0.25, 0.3) is 0 Å². The van der Waals surface area contributed by atoms with Crippen LogP contribution < -0.4 is 10.6 Å². The SMILES string of the molecule is CN=C(NCC(C)c1cccs1)NCC(CO)c1ccccc1.I. The van der Waals surface area contributed by atoms with Gasteiger partial charge in [-0.3, -0.25) is 4.99 Å². The first kappa shape index (κ1) is 20.9. The third kappa shape index (κ3) is 6.41. The van der Waals surface area contributed by atoms with Gasteiger partial charge in [-0.05, 0) is 17.0 Å². The summed E-state index contributed by atoms with van der Waals surface area (Å²) in [6.45, 7) is 3.79. The zero-order chi connectivity index (χ0) is 16.5. The van der Waals surface area contributed by atoms with Gasteiger partial charge >= 0.3 is 0 Å². The highest BCUT2D eigenvalue weighted by molar-refractivity contribution is 14.0. The summed E-state index contributed by atoms with van der Waals surface area (Å²) in [7, 11) is 1.77. The maximum Gasteiger partial charge on any atom is 0.191 e. The van der Waals surface area contributed by atoms with Crippen LogP contribution in [0.25, 0.3) is 0 Å². The quantitative estimate of drug-likeness (QED) is 0.338. The Balaban J connectivity index is 0.00000288. The molecule has 2 atom stereocenters. The monoisotopic (exact) mass is 459 g/mol. The molecule has 132 valence electrons. The van der Waals surface area contributed by atoms with Crippen molar-refractivity contribution in [3.63, 3.8) is 0 Å². The van der Waals surface area contributed by atoms with Gasteiger partial charge in [0.1, 0.15) is 0 Å². The highest BCUT2D eigenvalue weighted by Gasteiger charge is 2.12. The number of thiophene rings is 1. The summed E-state index contributed by atoms with van der Waals surface area (Å²) in [5.74, 6) is 1.27. The van der Waals surface area contributed by atoms with Crippen LogP contribution in [-0.2, 0) is 0 Å². The fraction of sp³-hybridized carbons (Fsp3) is 0.389. The molecule has 0 aliphatic carbocycles. The largest absolute Gasteiger partial charge is 0.396 e. The van der Waals surface area contributed by atoms with Gasteiger partial charge < -0.3 is 15.7 Å². The Labute approximate surface area is 165 Å². The Kier molecular flexibility index (Phi) is 9.97. The van der Waals surface area contributed by atoms with E-state index in [0.29, 0.717) is 12.5 Å². The molecule has 2 unspecified atom stereocenters.